The van der Waals surface area contributed by atoms with Crippen LogP contribution in [0.2, 0.25) is 0 Å². The van der Waals surface area contributed by atoms with Gasteiger partial charge in [-0.15, -0.1) is 11.3 Å². The Bertz CT molecular complexity index is 971. The van der Waals surface area contributed by atoms with Crippen LogP contribution in [-0.4, -0.2) is 47.8 Å². The van der Waals surface area contributed by atoms with Gasteiger partial charge in [-0.05, 0) is 42.3 Å². The number of hydrogen-bond donors (Lipinski definition) is 0. The lowest BCUT2D eigenvalue weighted by Gasteiger charge is -2.34. The van der Waals surface area contributed by atoms with Gasteiger partial charge in [-0.3, -0.25) is 9.59 Å². The summed E-state index contributed by atoms with van der Waals surface area (Å²) in [6.07, 6.45) is 0. The molecule has 3 aromatic rings. The molecule has 0 radical (unpaired) electrons. The molecular weight excluding hydrogens is 368 g/mol. The van der Waals surface area contributed by atoms with E-state index in [1.54, 1.807) is 0 Å². The summed E-state index contributed by atoms with van der Waals surface area (Å²) in [6.45, 7) is 4.28. The minimum atomic E-state index is 0.0266. The highest BCUT2D eigenvalue weighted by atomic mass is 32.1. The molecule has 1 aliphatic rings. The molecule has 4 nitrogen and oxygen atoms in total. The van der Waals surface area contributed by atoms with Crippen molar-refractivity contribution in [2.45, 2.75) is 6.92 Å². The van der Waals surface area contributed by atoms with Gasteiger partial charge in [0.1, 0.15) is 0 Å². The highest BCUT2D eigenvalue weighted by Crippen LogP contribution is 2.21. The largest absolute Gasteiger partial charge is 0.335 e. The van der Waals surface area contributed by atoms with Gasteiger partial charge in [0.25, 0.3) is 11.8 Å². The van der Waals surface area contributed by atoms with E-state index in [2.05, 4.69) is 12.1 Å². The molecule has 4 rings (SSSR count). The van der Waals surface area contributed by atoms with Crippen molar-refractivity contribution in [3.8, 4) is 11.1 Å². The third-order valence-corrected chi connectivity index (χ3v) is 6.03. The molecule has 0 saturated carbocycles. The predicted molar refractivity (Wildman–Crippen MR) is 113 cm³/mol. The topological polar surface area (TPSA) is 40.6 Å². The molecule has 0 atom stereocenters. The van der Waals surface area contributed by atoms with E-state index in [1.807, 2.05) is 71.3 Å². The lowest BCUT2D eigenvalue weighted by Crippen LogP contribution is -2.50. The first-order valence-corrected chi connectivity index (χ1v) is 10.2. The second-order valence-electron chi connectivity index (χ2n) is 6.94. The zero-order chi connectivity index (χ0) is 19.5. The Hall–Kier alpha value is -2.92. The Morgan fingerprint density at radius 1 is 0.714 bits per heavy atom. The molecule has 0 unspecified atom stereocenters. The molecule has 2 heterocycles. The predicted octanol–water partition coefficient (Wildman–Crippen LogP) is 4.32. The van der Waals surface area contributed by atoms with Gasteiger partial charge < -0.3 is 9.80 Å². The lowest BCUT2D eigenvalue weighted by molar-refractivity contribution is 0.0538. The monoisotopic (exact) mass is 390 g/mol. The number of carbonyl (C=O) groups is 2. The van der Waals surface area contributed by atoms with Crippen molar-refractivity contribution < 1.29 is 9.59 Å². The van der Waals surface area contributed by atoms with Gasteiger partial charge in [0.2, 0.25) is 0 Å². The van der Waals surface area contributed by atoms with Crippen LogP contribution in [0.15, 0.2) is 66.7 Å². The van der Waals surface area contributed by atoms with Crippen LogP contribution in [-0.2, 0) is 0 Å². The number of benzene rings is 2. The van der Waals surface area contributed by atoms with Crippen molar-refractivity contribution in [3.05, 3.63) is 82.0 Å². The van der Waals surface area contributed by atoms with E-state index in [1.165, 1.54) is 11.3 Å². The van der Waals surface area contributed by atoms with Crippen LogP contribution in [0.1, 0.15) is 24.9 Å². The molecule has 0 aliphatic carbocycles. The third-order valence-electron chi connectivity index (χ3n) is 5.04. The van der Waals surface area contributed by atoms with Crippen molar-refractivity contribution in [1.82, 2.24) is 9.80 Å². The summed E-state index contributed by atoms with van der Waals surface area (Å²) in [7, 11) is 0. The Morgan fingerprint density at radius 2 is 1.29 bits per heavy atom. The zero-order valence-corrected chi connectivity index (χ0v) is 16.6. The quantitative estimate of drug-likeness (QED) is 0.668. The van der Waals surface area contributed by atoms with Gasteiger partial charge in [0, 0.05) is 36.6 Å². The molecule has 0 spiro atoms. The van der Waals surface area contributed by atoms with Gasteiger partial charge in [-0.25, -0.2) is 0 Å². The highest BCUT2D eigenvalue weighted by Gasteiger charge is 2.26. The molecule has 1 fully saturated rings. The summed E-state index contributed by atoms with van der Waals surface area (Å²) < 4.78 is 0. The van der Waals surface area contributed by atoms with Crippen molar-refractivity contribution in [2.75, 3.05) is 26.2 Å². The number of amides is 2. The minimum absolute atomic E-state index is 0.0266. The fourth-order valence-corrected chi connectivity index (χ4v) is 4.27. The summed E-state index contributed by atoms with van der Waals surface area (Å²) in [4.78, 5) is 31.0. The highest BCUT2D eigenvalue weighted by molar-refractivity contribution is 7.13. The minimum Gasteiger partial charge on any atom is -0.335 e. The lowest BCUT2D eigenvalue weighted by atomic mass is 10.0. The van der Waals surface area contributed by atoms with E-state index >= 15 is 0 Å². The van der Waals surface area contributed by atoms with Crippen LogP contribution in [0.25, 0.3) is 11.1 Å². The average molecular weight is 391 g/mol. The number of aryl methyl sites for hydroxylation is 1. The summed E-state index contributed by atoms with van der Waals surface area (Å²) >= 11 is 1.52. The van der Waals surface area contributed by atoms with Crippen LogP contribution in [0.5, 0.6) is 0 Å². The normalized spacial score (nSPS) is 14.2. The van der Waals surface area contributed by atoms with E-state index in [0.717, 1.165) is 20.9 Å². The fraction of sp³-hybridized carbons (Fsp3) is 0.217. The van der Waals surface area contributed by atoms with Gasteiger partial charge in [0.05, 0.1) is 4.88 Å². The van der Waals surface area contributed by atoms with Crippen molar-refractivity contribution in [3.63, 3.8) is 0 Å². The smallest absolute Gasteiger partial charge is 0.264 e. The molecular formula is C23H22N2O2S. The van der Waals surface area contributed by atoms with Crippen LogP contribution >= 0.6 is 11.3 Å². The number of thiophene rings is 1. The molecule has 2 aromatic carbocycles. The van der Waals surface area contributed by atoms with Crippen molar-refractivity contribution in [1.29, 1.82) is 0 Å². The molecule has 1 saturated heterocycles. The van der Waals surface area contributed by atoms with E-state index in [9.17, 15) is 9.59 Å². The molecule has 0 N–H and O–H groups in total. The second kappa shape index (κ2) is 7.98. The Kier molecular flexibility index (Phi) is 5.26. The SMILES string of the molecule is Cc1ccc(C(=O)N2CCN(C(=O)c3ccc(-c4ccccc4)cc3)CC2)s1. The average Bonchev–Trinajstić information content (AvgIpc) is 3.20. The van der Waals surface area contributed by atoms with Crippen LogP contribution in [0, 0.1) is 6.92 Å². The molecule has 1 aliphatic heterocycles. The fourth-order valence-electron chi connectivity index (χ4n) is 3.44. The Labute approximate surface area is 169 Å². The maximum Gasteiger partial charge on any atom is 0.264 e. The molecule has 28 heavy (non-hydrogen) atoms. The maximum absolute atomic E-state index is 12.8. The molecule has 0 bridgehead atoms. The van der Waals surface area contributed by atoms with Crippen molar-refractivity contribution >= 4 is 23.2 Å². The van der Waals surface area contributed by atoms with Gasteiger partial charge in [0.15, 0.2) is 0 Å². The summed E-state index contributed by atoms with van der Waals surface area (Å²) in [5.41, 5.74) is 2.92. The van der Waals surface area contributed by atoms with Crippen LogP contribution < -0.4 is 0 Å². The molecule has 1 aromatic heterocycles. The second-order valence-corrected chi connectivity index (χ2v) is 8.23. The standard InChI is InChI=1S/C23H22N2O2S/c1-17-7-12-21(28-17)23(27)25-15-13-24(14-16-25)22(26)20-10-8-19(9-11-20)18-5-3-2-4-6-18/h2-12H,13-16H2,1H3. The Balaban J connectivity index is 1.38. The number of rotatable bonds is 3. The van der Waals surface area contributed by atoms with E-state index in [4.69, 9.17) is 0 Å². The van der Waals surface area contributed by atoms with E-state index in [-0.39, 0.29) is 11.8 Å². The summed E-state index contributed by atoms with van der Waals surface area (Å²) in [5, 5.41) is 0. The molecule has 2 amide bonds. The number of hydrogen-bond acceptors (Lipinski definition) is 3. The maximum atomic E-state index is 12.8. The van der Waals surface area contributed by atoms with Crippen LogP contribution in [0.4, 0.5) is 0 Å². The number of piperazine rings is 1. The molecule has 5 heteroatoms. The van der Waals surface area contributed by atoms with Gasteiger partial charge in [-0.1, -0.05) is 42.5 Å². The van der Waals surface area contributed by atoms with Crippen molar-refractivity contribution in [2.24, 2.45) is 0 Å². The van der Waals surface area contributed by atoms with E-state index < -0.39 is 0 Å². The first-order chi connectivity index (χ1) is 13.6. The number of carbonyl (C=O) groups excluding carboxylic acids is 2. The first-order valence-electron chi connectivity index (χ1n) is 9.42. The first kappa shape index (κ1) is 18.4. The number of nitrogens with zero attached hydrogens (tertiary/aromatic N) is 2. The Morgan fingerprint density at radius 3 is 1.86 bits per heavy atom. The van der Waals surface area contributed by atoms with Gasteiger partial charge in [-0.2, -0.15) is 0 Å². The zero-order valence-electron chi connectivity index (χ0n) is 15.8. The van der Waals surface area contributed by atoms with Crippen LogP contribution in [0.3, 0.4) is 0 Å². The van der Waals surface area contributed by atoms with E-state index in [0.29, 0.717) is 31.7 Å². The summed E-state index contributed by atoms with van der Waals surface area (Å²) in [6, 6.07) is 21.7. The third kappa shape index (κ3) is 3.85. The van der Waals surface area contributed by atoms with Gasteiger partial charge >= 0.3 is 0 Å². The summed E-state index contributed by atoms with van der Waals surface area (Å²) in [5.74, 6) is 0.0936. The molecule has 142 valence electrons.